The molecule has 5 heteroatoms. The number of nitrogens with one attached hydrogen (secondary N) is 2. The number of carbonyl (C=O) groups is 1. The van der Waals surface area contributed by atoms with Crippen LogP contribution in [0.15, 0.2) is 35.1 Å². The molecule has 2 atom stereocenters. The van der Waals surface area contributed by atoms with Crippen molar-refractivity contribution in [3.63, 3.8) is 0 Å². The lowest BCUT2D eigenvalue weighted by Gasteiger charge is -2.28. The second kappa shape index (κ2) is 7.62. The molecule has 2 heterocycles. The fourth-order valence-electron chi connectivity index (χ4n) is 3.32. The normalized spacial score (nSPS) is 19.0. The fraction of sp³-hybridized carbons (Fsp3) is 0.474. The van der Waals surface area contributed by atoms with Gasteiger partial charge in [0.25, 0.3) is 0 Å². The molecular formula is C19H25N3O2. The molecule has 0 aliphatic carbocycles. The third kappa shape index (κ3) is 4.03. The lowest BCUT2D eigenvalue weighted by molar-refractivity contribution is -0.117. The summed E-state index contributed by atoms with van der Waals surface area (Å²) in [6, 6.07) is 5.82. The highest BCUT2D eigenvalue weighted by Gasteiger charge is 2.22. The Labute approximate surface area is 142 Å². The van der Waals surface area contributed by atoms with Gasteiger partial charge in [-0.3, -0.25) is 4.79 Å². The number of carbonyl (C=O) groups excluding carboxylic acids is 1. The van der Waals surface area contributed by atoms with Crippen LogP contribution in [0.3, 0.4) is 0 Å². The second-order valence-corrected chi connectivity index (χ2v) is 6.70. The molecule has 1 saturated heterocycles. The van der Waals surface area contributed by atoms with Crippen molar-refractivity contribution in [2.24, 2.45) is 11.8 Å². The Kier molecular flexibility index (Phi) is 5.30. The quantitative estimate of drug-likeness (QED) is 0.880. The van der Waals surface area contributed by atoms with Crippen molar-refractivity contribution in [3.05, 3.63) is 36.2 Å². The highest BCUT2D eigenvalue weighted by molar-refractivity contribution is 5.91. The van der Waals surface area contributed by atoms with Crippen molar-refractivity contribution < 1.29 is 9.21 Å². The lowest BCUT2D eigenvalue weighted by atomic mass is 9.85. The van der Waals surface area contributed by atoms with Crippen molar-refractivity contribution in [1.29, 1.82) is 0 Å². The summed E-state index contributed by atoms with van der Waals surface area (Å²) < 4.78 is 5.37. The fourth-order valence-corrected chi connectivity index (χ4v) is 3.32. The molecule has 0 spiro atoms. The second-order valence-electron chi connectivity index (χ2n) is 6.70. The summed E-state index contributed by atoms with van der Waals surface area (Å²) in [6.07, 6.45) is 6.14. The van der Waals surface area contributed by atoms with Crippen LogP contribution < -0.4 is 10.6 Å². The number of aryl methyl sites for hydroxylation is 1. The van der Waals surface area contributed by atoms with Gasteiger partial charge in [-0.15, -0.1) is 0 Å². The number of benzene rings is 1. The molecule has 1 aliphatic rings. The molecule has 2 unspecified atom stereocenters. The van der Waals surface area contributed by atoms with Gasteiger partial charge in [0.05, 0.1) is 6.20 Å². The van der Waals surface area contributed by atoms with E-state index in [1.165, 1.54) is 12.8 Å². The van der Waals surface area contributed by atoms with Crippen molar-refractivity contribution in [2.45, 2.75) is 33.1 Å². The van der Waals surface area contributed by atoms with Crippen molar-refractivity contribution in [2.75, 3.05) is 18.4 Å². The minimum absolute atomic E-state index is 0.0651. The van der Waals surface area contributed by atoms with E-state index in [0.717, 1.165) is 29.9 Å². The molecule has 24 heavy (non-hydrogen) atoms. The van der Waals surface area contributed by atoms with Gasteiger partial charge in [-0.25, -0.2) is 4.98 Å². The number of anilines is 1. The Hall–Kier alpha value is -2.14. The topological polar surface area (TPSA) is 67.2 Å². The minimum Gasteiger partial charge on any atom is -0.445 e. The first-order chi connectivity index (χ1) is 11.6. The molecule has 0 saturated carbocycles. The summed E-state index contributed by atoms with van der Waals surface area (Å²) in [5.74, 6) is 1.61. The van der Waals surface area contributed by atoms with Crippen LogP contribution in [-0.4, -0.2) is 24.0 Å². The summed E-state index contributed by atoms with van der Waals surface area (Å²) in [5, 5.41) is 6.43. The van der Waals surface area contributed by atoms with Crippen LogP contribution in [0, 0.1) is 18.8 Å². The third-order valence-corrected chi connectivity index (χ3v) is 4.83. The third-order valence-electron chi connectivity index (χ3n) is 4.83. The maximum absolute atomic E-state index is 12.4. The van der Waals surface area contributed by atoms with Gasteiger partial charge in [-0.1, -0.05) is 13.0 Å². The van der Waals surface area contributed by atoms with E-state index >= 15 is 0 Å². The van der Waals surface area contributed by atoms with Gasteiger partial charge in [0.1, 0.15) is 6.26 Å². The van der Waals surface area contributed by atoms with Crippen LogP contribution in [0.4, 0.5) is 5.69 Å². The molecule has 1 fully saturated rings. The first kappa shape index (κ1) is 16.7. The zero-order valence-electron chi connectivity index (χ0n) is 14.3. The van der Waals surface area contributed by atoms with E-state index in [-0.39, 0.29) is 5.91 Å². The van der Waals surface area contributed by atoms with Crippen LogP contribution in [-0.2, 0) is 4.79 Å². The van der Waals surface area contributed by atoms with Gasteiger partial charge in [-0.05, 0) is 62.4 Å². The predicted octanol–water partition coefficient (Wildman–Crippen LogP) is 3.61. The molecule has 128 valence electrons. The number of oxazole rings is 1. The lowest BCUT2D eigenvalue weighted by Crippen LogP contribution is -2.34. The zero-order valence-corrected chi connectivity index (χ0v) is 14.3. The van der Waals surface area contributed by atoms with E-state index in [9.17, 15) is 4.79 Å². The Morgan fingerprint density at radius 2 is 2.38 bits per heavy atom. The molecular weight excluding hydrogens is 302 g/mol. The molecule has 1 aromatic carbocycles. The van der Waals surface area contributed by atoms with E-state index in [4.69, 9.17) is 4.42 Å². The number of aromatic nitrogens is 1. The van der Waals surface area contributed by atoms with Crippen LogP contribution in [0.1, 0.15) is 31.7 Å². The number of rotatable bonds is 5. The van der Waals surface area contributed by atoms with Gasteiger partial charge in [0, 0.05) is 17.7 Å². The van der Waals surface area contributed by atoms with Gasteiger partial charge < -0.3 is 15.1 Å². The Balaban J connectivity index is 1.63. The molecule has 1 amide bonds. The number of hydrogen-bond donors (Lipinski definition) is 2. The van der Waals surface area contributed by atoms with E-state index in [1.807, 2.05) is 25.1 Å². The molecule has 3 rings (SSSR count). The van der Waals surface area contributed by atoms with Crippen molar-refractivity contribution in [1.82, 2.24) is 10.3 Å². The van der Waals surface area contributed by atoms with Gasteiger partial charge in [0.2, 0.25) is 11.8 Å². The highest BCUT2D eigenvalue weighted by atomic mass is 16.3. The average Bonchev–Trinajstić information content (AvgIpc) is 3.11. The largest absolute Gasteiger partial charge is 0.445 e. The molecule has 5 nitrogen and oxygen atoms in total. The van der Waals surface area contributed by atoms with E-state index < -0.39 is 0 Å². The summed E-state index contributed by atoms with van der Waals surface area (Å²) in [7, 11) is 0. The Morgan fingerprint density at radius 1 is 1.50 bits per heavy atom. The minimum atomic E-state index is 0.0651. The van der Waals surface area contributed by atoms with Gasteiger partial charge in [0.15, 0.2) is 0 Å². The van der Waals surface area contributed by atoms with Crippen LogP contribution in [0.2, 0.25) is 0 Å². The number of nitrogens with zero attached hydrogens (tertiary/aromatic N) is 1. The maximum Gasteiger partial charge on any atom is 0.226 e. The van der Waals surface area contributed by atoms with Crippen LogP contribution >= 0.6 is 0 Å². The molecule has 1 aliphatic heterocycles. The molecule has 1 aromatic heterocycles. The number of hydrogen-bond acceptors (Lipinski definition) is 4. The number of amides is 1. The summed E-state index contributed by atoms with van der Waals surface area (Å²) >= 11 is 0. The van der Waals surface area contributed by atoms with Gasteiger partial charge >= 0.3 is 0 Å². The van der Waals surface area contributed by atoms with E-state index in [1.54, 1.807) is 12.5 Å². The SMILES string of the molecule is Cc1ccc(NC(=O)CC(C)C2CCCNC2)cc1-c1ncco1. The van der Waals surface area contributed by atoms with Gasteiger partial charge in [-0.2, -0.15) is 0 Å². The van der Waals surface area contributed by atoms with E-state index in [0.29, 0.717) is 24.1 Å². The number of piperidine rings is 1. The summed E-state index contributed by atoms with van der Waals surface area (Å²) in [6.45, 7) is 6.30. The molecule has 0 radical (unpaired) electrons. The predicted molar refractivity (Wildman–Crippen MR) is 94.7 cm³/mol. The zero-order chi connectivity index (χ0) is 16.9. The Bertz CT molecular complexity index is 676. The van der Waals surface area contributed by atoms with Crippen molar-refractivity contribution >= 4 is 11.6 Å². The smallest absolute Gasteiger partial charge is 0.226 e. The maximum atomic E-state index is 12.4. The highest BCUT2D eigenvalue weighted by Crippen LogP contribution is 2.26. The van der Waals surface area contributed by atoms with Crippen LogP contribution in [0.5, 0.6) is 0 Å². The standard InChI is InChI=1S/C19H25N3O2/c1-13-5-6-16(11-17(13)19-21-8-9-24-19)22-18(23)10-14(2)15-4-3-7-20-12-15/h5-6,8-9,11,14-15,20H,3-4,7,10,12H2,1-2H3,(H,22,23). The first-order valence-corrected chi connectivity index (χ1v) is 8.64. The van der Waals surface area contributed by atoms with Crippen LogP contribution in [0.25, 0.3) is 11.5 Å². The summed E-state index contributed by atoms with van der Waals surface area (Å²) in [5.41, 5.74) is 2.76. The molecule has 0 bridgehead atoms. The Morgan fingerprint density at radius 3 is 3.08 bits per heavy atom. The van der Waals surface area contributed by atoms with Crippen molar-refractivity contribution in [3.8, 4) is 11.5 Å². The summed E-state index contributed by atoms with van der Waals surface area (Å²) in [4.78, 5) is 16.6. The molecule has 2 N–H and O–H groups in total. The first-order valence-electron chi connectivity index (χ1n) is 8.64. The molecule has 2 aromatic rings. The average molecular weight is 327 g/mol. The van der Waals surface area contributed by atoms with E-state index in [2.05, 4.69) is 22.5 Å². The monoisotopic (exact) mass is 327 g/mol.